The van der Waals surface area contributed by atoms with Gasteiger partial charge in [-0.15, -0.1) is 0 Å². The van der Waals surface area contributed by atoms with Crippen LogP contribution in [0.1, 0.15) is 12.5 Å². The quantitative estimate of drug-likeness (QED) is 0.431. The molecule has 0 atom stereocenters. The number of oxime groups is 1. The van der Waals surface area contributed by atoms with Crippen LogP contribution >= 0.6 is 0 Å². The summed E-state index contributed by atoms with van der Waals surface area (Å²) >= 11 is 0. The molecule has 16 heavy (non-hydrogen) atoms. The molecule has 0 saturated carbocycles. The number of allylic oxidation sites excluding steroid dienone is 1. The van der Waals surface area contributed by atoms with E-state index >= 15 is 0 Å². The minimum atomic E-state index is 0.497. The van der Waals surface area contributed by atoms with E-state index in [1.54, 1.807) is 0 Å². The van der Waals surface area contributed by atoms with Crippen LogP contribution in [0, 0.1) is 0 Å². The summed E-state index contributed by atoms with van der Waals surface area (Å²) in [7, 11) is 3.87. The number of nitrogens with zero attached hydrogens (tertiary/aromatic N) is 2. The van der Waals surface area contributed by atoms with E-state index in [-0.39, 0.29) is 0 Å². The maximum absolute atomic E-state index is 5.11. The molecule has 0 N–H and O–H groups in total. The van der Waals surface area contributed by atoms with Crippen LogP contribution in [0.3, 0.4) is 0 Å². The van der Waals surface area contributed by atoms with Gasteiger partial charge in [-0.1, -0.05) is 41.6 Å². The fraction of sp³-hybridized carbons (Fsp3) is 0.308. The fourth-order valence-electron chi connectivity index (χ4n) is 1.06. The minimum Gasteiger partial charge on any atom is -0.380 e. The maximum Gasteiger partial charge on any atom is 0.170 e. The lowest BCUT2D eigenvalue weighted by Crippen LogP contribution is -2.14. The number of hydrogen-bond donors (Lipinski definition) is 0. The van der Waals surface area contributed by atoms with Gasteiger partial charge in [0.15, 0.2) is 6.73 Å². The highest BCUT2D eigenvalue weighted by atomic mass is 16.6. The van der Waals surface area contributed by atoms with Crippen molar-refractivity contribution in [1.82, 2.24) is 4.90 Å². The molecule has 1 rings (SSSR count). The zero-order chi connectivity index (χ0) is 11.8. The first kappa shape index (κ1) is 12.5. The Labute approximate surface area is 97.0 Å². The van der Waals surface area contributed by atoms with E-state index in [0.29, 0.717) is 6.73 Å². The Balaban J connectivity index is 2.44. The molecule has 0 radical (unpaired) electrons. The van der Waals surface area contributed by atoms with E-state index < -0.39 is 0 Å². The molecular weight excluding hydrogens is 200 g/mol. The normalized spacial score (nSPS) is 12.4. The van der Waals surface area contributed by atoms with Gasteiger partial charge < -0.3 is 4.84 Å². The van der Waals surface area contributed by atoms with Crippen LogP contribution in [-0.4, -0.2) is 31.4 Å². The summed E-state index contributed by atoms with van der Waals surface area (Å²) in [5.74, 6) is 0. The zero-order valence-corrected chi connectivity index (χ0v) is 10.1. The lowest BCUT2D eigenvalue weighted by atomic mass is 10.2. The van der Waals surface area contributed by atoms with E-state index in [0.717, 1.165) is 11.3 Å². The summed E-state index contributed by atoms with van der Waals surface area (Å²) in [5, 5.41) is 3.97. The zero-order valence-electron chi connectivity index (χ0n) is 10.1. The van der Waals surface area contributed by atoms with E-state index in [2.05, 4.69) is 5.16 Å². The highest BCUT2D eigenvalue weighted by Gasteiger charge is 1.89. The molecule has 86 valence electrons. The Kier molecular flexibility index (Phi) is 5.29. The van der Waals surface area contributed by atoms with Crippen LogP contribution in [0.5, 0.6) is 0 Å². The van der Waals surface area contributed by atoms with Crippen molar-refractivity contribution in [2.75, 3.05) is 20.8 Å². The third-order valence-electron chi connectivity index (χ3n) is 1.84. The summed E-state index contributed by atoms with van der Waals surface area (Å²) in [6.07, 6.45) is 3.95. The maximum atomic E-state index is 5.11. The van der Waals surface area contributed by atoms with Gasteiger partial charge >= 0.3 is 0 Å². The molecule has 0 aromatic heterocycles. The van der Waals surface area contributed by atoms with Gasteiger partial charge in [0.05, 0.1) is 5.71 Å². The average Bonchev–Trinajstić information content (AvgIpc) is 2.27. The molecule has 1 aromatic carbocycles. The Hall–Kier alpha value is -1.61. The van der Waals surface area contributed by atoms with Gasteiger partial charge in [0.25, 0.3) is 0 Å². The second-order valence-electron chi connectivity index (χ2n) is 3.81. The van der Waals surface area contributed by atoms with Crippen molar-refractivity contribution in [1.29, 1.82) is 0 Å². The second kappa shape index (κ2) is 6.80. The molecule has 0 saturated heterocycles. The molecular formula is C13H18N2O. The van der Waals surface area contributed by atoms with Gasteiger partial charge in [0.2, 0.25) is 0 Å². The molecule has 0 unspecified atom stereocenters. The first-order chi connectivity index (χ1) is 7.68. The predicted octanol–water partition coefficient (Wildman–Crippen LogP) is 2.61. The molecule has 0 amide bonds. The Morgan fingerprint density at radius 2 is 2.00 bits per heavy atom. The van der Waals surface area contributed by atoms with Crippen molar-refractivity contribution < 1.29 is 4.84 Å². The van der Waals surface area contributed by atoms with E-state index in [9.17, 15) is 0 Å². The Morgan fingerprint density at radius 1 is 1.31 bits per heavy atom. The van der Waals surface area contributed by atoms with E-state index in [1.807, 2.05) is 68.4 Å². The monoisotopic (exact) mass is 218 g/mol. The Morgan fingerprint density at radius 3 is 2.62 bits per heavy atom. The van der Waals surface area contributed by atoms with Crippen molar-refractivity contribution in [3.05, 3.63) is 42.0 Å². The van der Waals surface area contributed by atoms with E-state index in [4.69, 9.17) is 4.84 Å². The van der Waals surface area contributed by atoms with Crippen molar-refractivity contribution in [3.8, 4) is 0 Å². The molecule has 1 aromatic rings. The molecule has 0 fully saturated rings. The standard InChI is InChI=1S/C13H18N2O/c1-12(14-16-11-15(2)3)9-10-13-7-5-4-6-8-13/h4-10H,11H2,1-3H3/b10-9+,14-12+. The van der Waals surface area contributed by atoms with Crippen LogP contribution in [0.25, 0.3) is 6.08 Å². The summed E-state index contributed by atoms with van der Waals surface area (Å²) in [5.41, 5.74) is 2.01. The van der Waals surface area contributed by atoms with Gasteiger partial charge in [-0.25, -0.2) is 0 Å². The smallest absolute Gasteiger partial charge is 0.170 e. The number of hydrogen-bond acceptors (Lipinski definition) is 3. The van der Waals surface area contributed by atoms with Crippen molar-refractivity contribution in [3.63, 3.8) is 0 Å². The Bertz CT molecular complexity index is 355. The highest BCUT2D eigenvalue weighted by Crippen LogP contribution is 2.01. The molecule has 0 bridgehead atoms. The van der Waals surface area contributed by atoms with Gasteiger partial charge in [-0.2, -0.15) is 0 Å². The predicted molar refractivity (Wildman–Crippen MR) is 68.2 cm³/mol. The van der Waals surface area contributed by atoms with Crippen LogP contribution in [0.15, 0.2) is 41.6 Å². The minimum absolute atomic E-state index is 0.497. The molecule has 0 aliphatic carbocycles. The third-order valence-corrected chi connectivity index (χ3v) is 1.84. The summed E-state index contributed by atoms with van der Waals surface area (Å²) in [6.45, 7) is 2.41. The largest absolute Gasteiger partial charge is 0.380 e. The van der Waals surface area contributed by atoms with Crippen LogP contribution in [0.2, 0.25) is 0 Å². The van der Waals surface area contributed by atoms with Gasteiger partial charge in [0, 0.05) is 0 Å². The van der Waals surface area contributed by atoms with E-state index in [1.165, 1.54) is 0 Å². The summed E-state index contributed by atoms with van der Waals surface area (Å²) in [6, 6.07) is 10.1. The van der Waals surface area contributed by atoms with Crippen LogP contribution < -0.4 is 0 Å². The molecule has 0 aliphatic heterocycles. The molecule has 0 aliphatic rings. The van der Waals surface area contributed by atoms with Gasteiger partial charge in [0.1, 0.15) is 0 Å². The lowest BCUT2D eigenvalue weighted by Gasteiger charge is -2.06. The van der Waals surface area contributed by atoms with Crippen molar-refractivity contribution >= 4 is 11.8 Å². The third kappa shape index (κ3) is 5.32. The topological polar surface area (TPSA) is 24.8 Å². The van der Waals surface area contributed by atoms with Crippen molar-refractivity contribution in [2.45, 2.75) is 6.92 Å². The van der Waals surface area contributed by atoms with Crippen LogP contribution in [0.4, 0.5) is 0 Å². The SMILES string of the molecule is CC(/C=C/c1ccccc1)=N\OCN(C)C. The second-order valence-corrected chi connectivity index (χ2v) is 3.81. The molecule has 0 spiro atoms. The average molecular weight is 218 g/mol. The molecule has 0 heterocycles. The van der Waals surface area contributed by atoms with Crippen molar-refractivity contribution in [2.24, 2.45) is 5.16 Å². The number of benzene rings is 1. The lowest BCUT2D eigenvalue weighted by molar-refractivity contribution is 0.0616. The van der Waals surface area contributed by atoms with Crippen LogP contribution in [-0.2, 0) is 4.84 Å². The molecule has 3 heteroatoms. The summed E-state index contributed by atoms with van der Waals surface area (Å²) in [4.78, 5) is 7.02. The first-order valence-electron chi connectivity index (χ1n) is 5.23. The number of rotatable bonds is 5. The fourth-order valence-corrected chi connectivity index (χ4v) is 1.06. The molecule has 3 nitrogen and oxygen atoms in total. The first-order valence-corrected chi connectivity index (χ1v) is 5.23. The highest BCUT2D eigenvalue weighted by molar-refractivity contribution is 5.95. The van der Waals surface area contributed by atoms with Gasteiger partial charge in [-0.3, -0.25) is 4.90 Å². The summed E-state index contributed by atoms with van der Waals surface area (Å²) < 4.78 is 0. The van der Waals surface area contributed by atoms with Gasteiger partial charge in [-0.05, 0) is 32.7 Å².